The summed E-state index contributed by atoms with van der Waals surface area (Å²) in [6.07, 6.45) is 1.43. The highest BCUT2D eigenvalue weighted by Gasteiger charge is 2.21. The third-order valence-electron chi connectivity index (χ3n) is 1.86. The van der Waals surface area contributed by atoms with Crippen LogP contribution in [0.15, 0.2) is 0 Å². The van der Waals surface area contributed by atoms with E-state index in [0.29, 0.717) is 6.42 Å². The second kappa shape index (κ2) is 10.4. The molecule has 6 nitrogen and oxygen atoms in total. The Balaban J connectivity index is 0. The molecular formula is C8H23O6PSi. The number of rotatable bonds is 6. The third kappa shape index (κ3) is 10.8. The second-order valence-corrected chi connectivity index (χ2v) is 7.27. The van der Waals surface area contributed by atoms with Crippen molar-refractivity contribution in [1.82, 2.24) is 0 Å². The van der Waals surface area contributed by atoms with Gasteiger partial charge in [-0.2, -0.15) is 0 Å². The van der Waals surface area contributed by atoms with Crippen molar-refractivity contribution in [3.8, 4) is 0 Å². The first-order valence-corrected chi connectivity index (χ1v) is 8.06. The van der Waals surface area contributed by atoms with E-state index < -0.39 is 22.8 Å². The molecule has 0 saturated carbocycles. The van der Waals surface area contributed by atoms with Crippen molar-refractivity contribution in [3.05, 3.63) is 0 Å². The fourth-order valence-electron chi connectivity index (χ4n) is 0.875. The molecule has 0 fully saturated rings. The Labute approximate surface area is 99.0 Å². The summed E-state index contributed by atoms with van der Waals surface area (Å²) in [6.45, 7) is 3.48. The standard InChI is InChI=1S/C5H13O3P.C3H10O3Si/c1-3-4-5(2)9(6,7)8;1-4-7(5-2)6-3/h5H,3-4H2,1-2H3,(H2,6,7,8);7H,1-3H3. The number of hydrogen-bond acceptors (Lipinski definition) is 4. The Morgan fingerprint density at radius 1 is 1.19 bits per heavy atom. The normalized spacial score (nSPS) is 13.2. The van der Waals surface area contributed by atoms with Gasteiger partial charge in [-0.3, -0.25) is 4.57 Å². The molecule has 0 heterocycles. The van der Waals surface area contributed by atoms with Crippen LogP contribution in [0.25, 0.3) is 0 Å². The van der Waals surface area contributed by atoms with Gasteiger partial charge in [0.25, 0.3) is 0 Å². The lowest BCUT2D eigenvalue weighted by Crippen LogP contribution is -2.21. The Bertz CT molecular complexity index is 187. The van der Waals surface area contributed by atoms with E-state index >= 15 is 0 Å². The van der Waals surface area contributed by atoms with E-state index in [2.05, 4.69) is 0 Å². The van der Waals surface area contributed by atoms with Crippen LogP contribution < -0.4 is 0 Å². The van der Waals surface area contributed by atoms with Crippen LogP contribution in [0.5, 0.6) is 0 Å². The summed E-state index contributed by atoms with van der Waals surface area (Å²) < 4.78 is 24.6. The van der Waals surface area contributed by atoms with Crippen LogP contribution in [0.2, 0.25) is 0 Å². The largest absolute Gasteiger partial charge is 0.483 e. The molecule has 0 aromatic heterocycles. The van der Waals surface area contributed by atoms with Crippen LogP contribution >= 0.6 is 7.60 Å². The summed E-state index contributed by atoms with van der Waals surface area (Å²) >= 11 is 0. The Morgan fingerprint density at radius 3 is 1.62 bits per heavy atom. The fourth-order valence-corrected chi connectivity index (χ4v) is 2.05. The molecule has 0 aliphatic carbocycles. The van der Waals surface area contributed by atoms with Crippen molar-refractivity contribution < 1.29 is 27.6 Å². The molecule has 2 N–H and O–H groups in total. The zero-order valence-electron chi connectivity index (χ0n) is 10.5. The number of hydrogen-bond donors (Lipinski definition) is 2. The fraction of sp³-hybridized carbons (Fsp3) is 1.00. The molecule has 0 aliphatic rings. The first kappa shape index (κ1) is 18.6. The van der Waals surface area contributed by atoms with Crippen molar-refractivity contribution in [1.29, 1.82) is 0 Å². The molecule has 0 aromatic rings. The van der Waals surface area contributed by atoms with Gasteiger partial charge in [-0.25, -0.2) is 0 Å². The molecule has 0 bridgehead atoms. The predicted molar refractivity (Wildman–Crippen MR) is 64.6 cm³/mol. The van der Waals surface area contributed by atoms with Gasteiger partial charge in [0, 0.05) is 21.3 Å². The molecule has 1 atom stereocenters. The molecular weight excluding hydrogens is 251 g/mol. The quantitative estimate of drug-likeness (QED) is 0.555. The summed E-state index contributed by atoms with van der Waals surface area (Å²) in [7, 11) is -0.725. The molecule has 0 rings (SSSR count). The van der Waals surface area contributed by atoms with E-state index in [-0.39, 0.29) is 0 Å². The maximum Gasteiger partial charge on any atom is 0.483 e. The molecule has 0 amide bonds. The molecule has 8 heteroatoms. The molecule has 1 unspecified atom stereocenters. The Morgan fingerprint density at radius 2 is 1.56 bits per heavy atom. The molecule has 0 saturated heterocycles. The highest BCUT2D eigenvalue weighted by Crippen LogP contribution is 2.42. The van der Waals surface area contributed by atoms with Crippen molar-refractivity contribution in [2.24, 2.45) is 0 Å². The maximum absolute atomic E-state index is 10.4. The average Bonchev–Trinajstić information content (AvgIpc) is 2.20. The van der Waals surface area contributed by atoms with Gasteiger partial charge in [-0.1, -0.05) is 20.3 Å². The lowest BCUT2D eigenvalue weighted by Gasteiger charge is -2.10. The van der Waals surface area contributed by atoms with Gasteiger partial charge in [0.1, 0.15) is 0 Å². The minimum Gasteiger partial charge on any atom is -0.379 e. The van der Waals surface area contributed by atoms with Crippen LogP contribution in [0.4, 0.5) is 0 Å². The minimum atomic E-state index is -3.77. The monoisotopic (exact) mass is 274 g/mol. The zero-order chi connectivity index (χ0) is 13.2. The van der Waals surface area contributed by atoms with E-state index in [1.165, 1.54) is 0 Å². The summed E-state index contributed by atoms with van der Waals surface area (Å²) in [5.74, 6) is 0. The van der Waals surface area contributed by atoms with Gasteiger partial charge in [-0.15, -0.1) is 0 Å². The van der Waals surface area contributed by atoms with Crippen LogP contribution in [-0.2, 0) is 17.8 Å². The van der Waals surface area contributed by atoms with E-state index in [0.717, 1.165) is 6.42 Å². The van der Waals surface area contributed by atoms with Crippen LogP contribution in [-0.4, -0.2) is 46.3 Å². The van der Waals surface area contributed by atoms with Crippen LogP contribution in [0.3, 0.4) is 0 Å². The molecule has 0 aliphatic heterocycles. The van der Waals surface area contributed by atoms with E-state index in [1.807, 2.05) is 6.92 Å². The predicted octanol–water partition coefficient (Wildman–Crippen LogP) is 0.995. The third-order valence-corrected chi connectivity index (χ3v) is 4.42. The summed E-state index contributed by atoms with van der Waals surface area (Å²) in [5, 5.41) is 0. The van der Waals surface area contributed by atoms with Crippen molar-refractivity contribution in [2.45, 2.75) is 32.3 Å². The average molecular weight is 274 g/mol. The van der Waals surface area contributed by atoms with Gasteiger partial charge in [0.2, 0.25) is 0 Å². The topological polar surface area (TPSA) is 85.2 Å². The first-order chi connectivity index (χ1) is 7.33. The summed E-state index contributed by atoms with van der Waals surface area (Å²) in [6, 6.07) is 0. The van der Waals surface area contributed by atoms with Crippen molar-refractivity contribution >= 4 is 17.1 Å². The van der Waals surface area contributed by atoms with Crippen LogP contribution in [0, 0.1) is 0 Å². The summed E-state index contributed by atoms with van der Waals surface area (Å²) in [5.41, 5.74) is -0.470. The molecule has 0 radical (unpaired) electrons. The minimum absolute atomic E-state index is 0.470. The van der Waals surface area contributed by atoms with Gasteiger partial charge >= 0.3 is 17.1 Å². The molecule has 100 valence electrons. The highest BCUT2D eigenvalue weighted by atomic mass is 31.2. The SMILES string of the molecule is CCCC(C)P(=O)(O)O.CO[SiH](OC)OC. The maximum atomic E-state index is 10.4. The Kier molecular flexibility index (Phi) is 12.1. The van der Waals surface area contributed by atoms with Crippen LogP contribution in [0.1, 0.15) is 26.7 Å². The van der Waals surface area contributed by atoms with E-state index in [4.69, 9.17) is 23.1 Å². The van der Waals surface area contributed by atoms with Crippen molar-refractivity contribution in [2.75, 3.05) is 21.3 Å². The van der Waals surface area contributed by atoms with E-state index in [1.54, 1.807) is 28.3 Å². The van der Waals surface area contributed by atoms with Gasteiger partial charge in [-0.05, 0) is 6.42 Å². The smallest absolute Gasteiger partial charge is 0.379 e. The molecule has 0 spiro atoms. The lowest BCUT2D eigenvalue weighted by atomic mass is 10.3. The van der Waals surface area contributed by atoms with Gasteiger partial charge in [0.15, 0.2) is 0 Å². The Hall–Kier alpha value is 0.247. The molecule has 16 heavy (non-hydrogen) atoms. The van der Waals surface area contributed by atoms with E-state index in [9.17, 15) is 4.57 Å². The molecule has 0 aromatic carbocycles. The lowest BCUT2D eigenvalue weighted by molar-refractivity contribution is 0.163. The van der Waals surface area contributed by atoms with Gasteiger partial charge < -0.3 is 23.1 Å². The summed E-state index contributed by atoms with van der Waals surface area (Å²) in [4.78, 5) is 17.1. The second-order valence-electron chi connectivity index (χ2n) is 3.22. The first-order valence-electron chi connectivity index (χ1n) is 4.97. The van der Waals surface area contributed by atoms with Crippen molar-refractivity contribution in [3.63, 3.8) is 0 Å². The highest BCUT2D eigenvalue weighted by molar-refractivity contribution is 7.52. The van der Waals surface area contributed by atoms with Gasteiger partial charge in [0.05, 0.1) is 5.66 Å². The zero-order valence-corrected chi connectivity index (χ0v) is 12.6.